The first-order chi connectivity index (χ1) is 30.4. The third kappa shape index (κ3) is 6.44. The van der Waals surface area contributed by atoms with Crippen LogP contribution in [0.1, 0.15) is 26.3 Å². The minimum atomic E-state index is 0.103. The van der Waals surface area contributed by atoms with Crippen molar-refractivity contribution in [2.75, 3.05) is 4.90 Å². The minimum absolute atomic E-state index is 0.103. The maximum atomic E-state index is 2.46. The fraction of sp³-hybridized carbons (Fsp3) is 0.0667. The van der Waals surface area contributed by atoms with Crippen LogP contribution in [-0.2, 0) is 5.41 Å². The average molecular weight is 795 g/mol. The lowest BCUT2D eigenvalue weighted by Crippen LogP contribution is -2.11. The molecule has 0 saturated carbocycles. The number of hydrogen-bond donors (Lipinski definition) is 0. The molecule has 0 bridgehead atoms. The Morgan fingerprint density at radius 1 is 0.371 bits per heavy atom. The van der Waals surface area contributed by atoms with Gasteiger partial charge >= 0.3 is 0 Å². The molecule has 296 valence electrons. The number of benzene rings is 10. The summed E-state index contributed by atoms with van der Waals surface area (Å²) in [6.45, 7) is 6.80. The quantitative estimate of drug-likeness (QED) is 0.156. The normalized spacial score (nSPS) is 11.8. The summed E-state index contributed by atoms with van der Waals surface area (Å²) in [6.07, 6.45) is 0. The summed E-state index contributed by atoms with van der Waals surface area (Å²) in [5.41, 5.74) is 15.5. The Morgan fingerprint density at radius 2 is 0.887 bits per heavy atom. The Kier molecular flexibility index (Phi) is 9.09. The van der Waals surface area contributed by atoms with E-state index in [2.05, 4.69) is 255 Å². The number of anilines is 3. The molecule has 0 aliphatic heterocycles. The molecule has 0 spiro atoms. The van der Waals surface area contributed by atoms with Crippen LogP contribution in [0, 0.1) is 0 Å². The second kappa shape index (κ2) is 15.1. The van der Waals surface area contributed by atoms with E-state index in [1.54, 1.807) is 0 Å². The lowest BCUT2D eigenvalue weighted by molar-refractivity contribution is 0.590. The number of aromatic nitrogens is 1. The van der Waals surface area contributed by atoms with Crippen LogP contribution in [0.5, 0.6) is 0 Å². The Hall–Kier alpha value is -7.68. The van der Waals surface area contributed by atoms with E-state index >= 15 is 0 Å². The highest BCUT2D eigenvalue weighted by Gasteiger charge is 2.23. The van der Waals surface area contributed by atoms with Crippen LogP contribution in [0.25, 0.3) is 82.4 Å². The van der Waals surface area contributed by atoms with E-state index in [1.165, 1.54) is 76.8 Å². The van der Waals surface area contributed by atoms with Gasteiger partial charge in [-0.15, -0.1) is 0 Å². The summed E-state index contributed by atoms with van der Waals surface area (Å²) in [4.78, 5) is 2.44. The van der Waals surface area contributed by atoms with Crippen molar-refractivity contribution in [3.63, 3.8) is 0 Å². The van der Waals surface area contributed by atoms with Gasteiger partial charge in [-0.05, 0) is 114 Å². The summed E-state index contributed by atoms with van der Waals surface area (Å²) < 4.78 is 2.46. The molecule has 0 atom stereocenters. The molecule has 11 rings (SSSR count). The molecule has 2 nitrogen and oxygen atoms in total. The molecule has 2 heteroatoms. The maximum Gasteiger partial charge on any atom is 0.0782 e. The summed E-state index contributed by atoms with van der Waals surface area (Å²) in [5, 5.41) is 7.47. The first-order valence-corrected chi connectivity index (χ1v) is 21.6. The van der Waals surface area contributed by atoms with E-state index in [9.17, 15) is 0 Å². The molecule has 0 fully saturated rings. The molecule has 11 aromatic rings. The zero-order chi connectivity index (χ0) is 41.8. The second-order valence-corrected chi connectivity index (χ2v) is 17.4. The zero-order valence-electron chi connectivity index (χ0n) is 35.3. The number of hydrogen-bond acceptors (Lipinski definition) is 1. The molecule has 0 aliphatic rings. The summed E-state index contributed by atoms with van der Waals surface area (Å²) in [6, 6.07) is 82.3. The van der Waals surface area contributed by atoms with Gasteiger partial charge in [0.25, 0.3) is 0 Å². The molecule has 0 unspecified atom stereocenters. The number of fused-ring (bicyclic) bond motifs is 6. The first-order valence-electron chi connectivity index (χ1n) is 21.6. The maximum absolute atomic E-state index is 2.46. The van der Waals surface area contributed by atoms with Gasteiger partial charge in [-0.1, -0.05) is 197 Å². The molecule has 0 N–H and O–H groups in total. The second-order valence-electron chi connectivity index (χ2n) is 17.4. The van der Waals surface area contributed by atoms with Gasteiger partial charge in [0.15, 0.2) is 0 Å². The molecule has 0 radical (unpaired) electrons. The Labute approximate surface area is 363 Å². The van der Waals surface area contributed by atoms with Gasteiger partial charge < -0.3 is 9.47 Å². The van der Waals surface area contributed by atoms with E-state index in [-0.39, 0.29) is 5.41 Å². The van der Waals surface area contributed by atoms with Crippen molar-refractivity contribution in [2.24, 2.45) is 0 Å². The highest BCUT2D eigenvalue weighted by molar-refractivity contribution is 6.23. The summed E-state index contributed by atoms with van der Waals surface area (Å²) in [5.74, 6) is 0. The molecular weight excluding hydrogens is 749 g/mol. The van der Waals surface area contributed by atoms with Crippen molar-refractivity contribution in [1.82, 2.24) is 4.57 Å². The molecule has 1 heterocycles. The number of rotatable bonds is 7. The van der Waals surface area contributed by atoms with E-state index in [4.69, 9.17) is 0 Å². The van der Waals surface area contributed by atoms with Gasteiger partial charge in [-0.2, -0.15) is 0 Å². The fourth-order valence-corrected chi connectivity index (χ4v) is 9.47. The van der Waals surface area contributed by atoms with Crippen LogP contribution in [0.2, 0.25) is 0 Å². The van der Waals surface area contributed by atoms with E-state index in [0.717, 1.165) is 28.3 Å². The summed E-state index contributed by atoms with van der Waals surface area (Å²) in [7, 11) is 0. The zero-order valence-corrected chi connectivity index (χ0v) is 35.3. The predicted molar refractivity (Wildman–Crippen MR) is 265 cm³/mol. The van der Waals surface area contributed by atoms with Crippen LogP contribution >= 0.6 is 0 Å². The fourth-order valence-electron chi connectivity index (χ4n) is 9.47. The Morgan fingerprint density at radius 3 is 1.53 bits per heavy atom. The average Bonchev–Trinajstić information content (AvgIpc) is 3.68. The number of para-hydroxylation sites is 2. The Balaban J connectivity index is 1.12. The lowest BCUT2D eigenvalue weighted by atomic mass is 9.86. The highest BCUT2D eigenvalue weighted by atomic mass is 15.2. The molecule has 10 aromatic carbocycles. The molecule has 0 saturated heterocycles. The molecular formula is C60H46N2. The van der Waals surface area contributed by atoms with Gasteiger partial charge in [-0.3, -0.25) is 0 Å². The van der Waals surface area contributed by atoms with Crippen molar-refractivity contribution in [3.05, 3.63) is 230 Å². The van der Waals surface area contributed by atoms with Gasteiger partial charge in [0.1, 0.15) is 0 Å². The third-order valence-electron chi connectivity index (χ3n) is 12.5. The van der Waals surface area contributed by atoms with Gasteiger partial charge in [0, 0.05) is 27.8 Å². The first kappa shape index (κ1) is 37.3. The predicted octanol–water partition coefficient (Wildman–Crippen LogP) is 16.9. The largest absolute Gasteiger partial charge is 0.308 e. The lowest BCUT2D eigenvalue weighted by Gasteiger charge is -2.27. The van der Waals surface area contributed by atoms with E-state index in [0.29, 0.717) is 0 Å². The van der Waals surface area contributed by atoms with E-state index in [1.807, 2.05) is 0 Å². The van der Waals surface area contributed by atoms with Crippen LogP contribution in [0.4, 0.5) is 17.1 Å². The minimum Gasteiger partial charge on any atom is -0.308 e. The van der Waals surface area contributed by atoms with Crippen molar-refractivity contribution in [1.29, 1.82) is 0 Å². The SMILES string of the molecule is CC(C)(C)c1ccc(-c2ccc(N(c3ccc(-c4cccc5cccc(-c6ccccc6)c45)cc3)c3cccc4c5c6ccccc6ccc5n(-c5ccccc5)c34)cc2)cc1. The molecule has 62 heavy (non-hydrogen) atoms. The van der Waals surface area contributed by atoms with Crippen LogP contribution in [0.15, 0.2) is 224 Å². The number of nitrogens with zero attached hydrogens (tertiary/aromatic N) is 2. The van der Waals surface area contributed by atoms with Gasteiger partial charge in [0.2, 0.25) is 0 Å². The van der Waals surface area contributed by atoms with Crippen LogP contribution < -0.4 is 4.90 Å². The smallest absolute Gasteiger partial charge is 0.0782 e. The van der Waals surface area contributed by atoms with Crippen LogP contribution in [0.3, 0.4) is 0 Å². The van der Waals surface area contributed by atoms with Crippen molar-refractivity contribution in [3.8, 4) is 39.1 Å². The molecule has 0 amide bonds. The standard InChI is InChI=1S/C60H46N2/c1-60(2,3)47-34-27-41(28-35-47)42-29-36-49(37-30-42)61(50-38-31-45(32-39-50)52-24-13-19-46-18-12-23-51(57(46)52)43-15-6-4-7-16-43)56-26-14-25-54-58-53-22-11-10-17-44(53)33-40-55(58)62(59(54)56)48-20-8-5-9-21-48/h4-40H,1-3H3. The summed E-state index contributed by atoms with van der Waals surface area (Å²) >= 11 is 0. The highest BCUT2D eigenvalue weighted by Crippen LogP contribution is 2.46. The van der Waals surface area contributed by atoms with E-state index < -0.39 is 0 Å². The topological polar surface area (TPSA) is 8.17 Å². The van der Waals surface area contributed by atoms with Crippen molar-refractivity contribution < 1.29 is 0 Å². The van der Waals surface area contributed by atoms with Crippen molar-refractivity contribution in [2.45, 2.75) is 26.2 Å². The van der Waals surface area contributed by atoms with Crippen molar-refractivity contribution >= 4 is 60.4 Å². The molecule has 1 aromatic heterocycles. The monoisotopic (exact) mass is 794 g/mol. The third-order valence-corrected chi connectivity index (χ3v) is 12.5. The van der Waals surface area contributed by atoms with Gasteiger partial charge in [0.05, 0.1) is 16.7 Å². The van der Waals surface area contributed by atoms with Crippen LogP contribution in [-0.4, -0.2) is 4.57 Å². The Bertz CT molecular complexity index is 3390. The molecule has 0 aliphatic carbocycles. The van der Waals surface area contributed by atoms with Gasteiger partial charge in [-0.25, -0.2) is 0 Å².